The average molecular weight is 296 g/mol. The summed E-state index contributed by atoms with van der Waals surface area (Å²) in [4.78, 5) is 4.60. The molecule has 0 amide bonds. The molecule has 0 saturated carbocycles. The molecule has 2 heterocycles. The monoisotopic (exact) mass is 296 g/mol. The fourth-order valence-electron chi connectivity index (χ4n) is 2.82. The molecule has 0 radical (unpaired) electrons. The molecule has 1 atom stereocenters. The van der Waals surface area contributed by atoms with E-state index in [0.717, 1.165) is 52.5 Å². The molecule has 6 nitrogen and oxygen atoms in total. The highest BCUT2D eigenvalue weighted by Gasteiger charge is 2.22. The summed E-state index contributed by atoms with van der Waals surface area (Å²) < 4.78 is 7.34. The first kappa shape index (κ1) is 16.4. The van der Waals surface area contributed by atoms with Crippen LogP contribution in [0.3, 0.4) is 0 Å². The van der Waals surface area contributed by atoms with Crippen molar-refractivity contribution in [3.05, 3.63) is 17.5 Å². The molecule has 1 fully saturated rings. The van der Waals surface area contributed by atoms with Gasteiger partial charge in [0.1, 0.15) is 0 Å². The summed E-state index contributed by atoms with van der Waals surface area (Å²) in [6.07, 6.45) is 1.60. The van der Waals surface area contributed by atoms with Gasteiger partial charge in [-0.05, 0) is 19.4 Å². The summed E-state index contributed by atoms with van der Waals surface area (Å²) in [7, 11) is 1.98. The zero-order chi connectivity index (χ0) is 15.2. The normalized spacial score (nSPS) is 21.6. The predicted molar refractivity (Wildman–Crippen MR) is 82.2 cm³/mol. The molecule has 0 aromatic carbocycles. The predicted octanol–water partition coefficient (Wildman–Crippen LogP) is 0.244. The highest BCUT2D eigenvalue weighted by Crippen LogP contribution is 2.12. The summed E-state index contributed by atoms with van der Waals surface area (Å²) in [5.41, 5.74) is 2.44. The van der Waals surface area contributed by atoms with Gasteiger partial charge in [0.15, 0.2) is 0 Å². The first-order valence-electron chi connectivity index (χ1n) is 7.78. The van der Waals surface area contributed by atoms with E-state index in [0.29, 0.717) is 0 Å². The van der Waals surface area contributed by atoms with Crippen molar-refractivity contribution in [3.63, 3.8) is 0 Å². The van der Waals surface area contributed by atoms with Gasteiger partial charge >= 0.3 is 0 Å². The Bertz CT molecular complexity index is 416. The molecule has 2 rings (SSSR count). The van der Waals surface area contributed by atoms with Gasteiger partial charge in [-0.3, -0.25) is 14.5 Å². The SMILES string of the molecule is CCOCCN1CCN(Cc2c(C)cnn2C)CC(O)C1. The molecule has 21 heavy (non-hydrogen) atoms. The number of nitrogens with zero attached hydrogens (tertiary/aromatic N) is 4. The van der Waals surface area contributed by atoms with E-state index in [1.807, 2.05) is 24.9 Å². The van der Waals surface area contributed by atoms with Gasteiger partial charge in [0.25, 0.3) is 0 Å². The van der Waals surface area contributed by atoms with Gasteiger partial charge in [0, 0.05) is 52.9 Å². The molecular formula is C15H28N4O2. The Hall–Kier alpha value is -0.950. The van der Waals surface area contributed by atoms with Gasteiger partial charge < -0.3 is 9.84 Å². The molecule has 1 saturated heterocycles. The Balaban J connectivity index is 1.88. The third kappa shape index (κ3) is 4.78. The summed E-state index contributed by atoms with van der Waals surface area (Å²) in [6, 6.07) is 0. The lowest BCUT2D eigenvalue weighted by molar-refractivity contribution is 0.0836. The molecule has 1 aliphatic heterocycles. The number of aliphatic hydroxyl groups is 1. The number of β-amino-alcohol motifs (C(OH)–C–C–N with tert-alkyl or cyclic N) is 1. The zero-order valence-electron chi connectivity index (χ0n) is 13.5. The largest absolute Gasteiger partial charge is 0.390 e. The van der Waals surface area contributed by atoms with Crippen LogP contribution < -0.4 is 0 Å². The van der Waals surface area contributed by atoms with Crippen LogP contribution >= 0.6 is 0 Å². The third-order valence-electron chi connectivity index (χ3n) is 4.07. The molecule has 6 heteroatoms. The molecule has 1 aliphatic rings. The minimum atomic E-state index is -0.303. The summed E-state index contributed by atoms with van der Waals surface area (Å²) in [6.45, 7) is 10.7. The number of aliphatic hydroxyl groups excluding tert-OH is 1. The first-order valence-corrected chi connectivity index (χ1v) is 7.78. The first-order chi connectivity index (χ1) is 10.1. The maximum Gasteiger partial charge on any atom is 0.0793 e. The van der Waals surface area contributed by atoms with Crippen molar-refractivity contribution < 1.29 is 9.84 Å². The van der Waals surface area contributed by atoms with E-state index in [1.165, 1.54) is 11.3 Å². The maximum atomic E-state index is 10.2. The van der Waals surface area contributed by atoms with Gasteiger partial charge in [-0.25, -0.2) is 0 Å². The van der Waals surface area contributed by atoms with Crippen molar-refractivity contribution in [2.24, 2.45) is 7.05 Å². The van der Waals surface area contributed by atoms with Crippen molar-refractivity contribution in [2.75, 3.05) is 45.9 Å². The molecule has 0 bridgehead atoms. The van der Waals surface area contributed by atoms with Crippen LogP contribution in [0, 0.1) is 6.92 Å². The Labute approximate surface area is 127 Å². The summed E-state index contributed by atoms with van der Waals surface area (Å²) in [5, 5.41) is 14.5. The van der Waals surface area contributed by atoms with Gasteiger partial charge in [-0.1, -0.05) is 0 Å². The smallest absolute Gasteiger partial charge is 0.0793 e. The van der Waals surface area contributed by atoms with E-state index >= 15 is 0 Å². The van der Waals surface area contributed by atoms with Crippen molar-refractivity contribution in [3.8, 4) is 0 Å². The van der Waals surface area contributed by atoms with Gasteiger partial charge in [0.05, 0.1) is 24.6 Å². The van der Waals surface area contributed by atoms with Gasteiger partial charge in [-0.2, -0.15) is 5.10 Å². The van der Waals surface area contributed by atoms with Crippen LogP contribution in [0.5, 0.6) is 0 Å². The molecule has 0 spiro atoms. The fourth-order valence-corrected chi connectivity index (χ4v) is 2.82. The van der Waals surface area contributed by atoms with E-state index in [2.05, 4.69) is 21.8 Å². The Morgan fingerprint density at radius 2 is 2.05 bits per heavy atom. The van der Waals surface area contributed by atoms with Gasteiger partial charge in [-0.15, -0.1) is 0 Å². The number of rotatable bonds is 6. The number of ether oxygens (including phenoxy) is 1. The minimum absolute atomic E-state index is 0.303. The van der Waals surface area contributed by atoms with Crippen LogP contribution in [0.4, 0.5) is 0 Å². The van der Waals surface area contributed by atoms with Crippen LogP contribution in [0.2, 0.25) is 0 Å². The number of aryl methyl sites for hydroxylation is 2. The second-order valence-corrected chi connectivity index (χ2v) is 5.78. The van der Waals surface area contributed by atoms with Crippen molar-refractivity contribution >= 4 is 0 Å². The fraction of sp³-hybridized carbons (Fsp3) is 0.800. The quantitative estimate of drug-likeness (QED) is 0.762. The van der Waals surface area contributed by atoms with Crippen LogP contribution in [-0.4, -0.2) is 76.7 Å². The van der Waals surface area contributed by atoms with E-state index in [9.17, 15) is 5.11 Å². The summed E-state index contributed by atoms with van der Waals surface area (Å²) >= 11 is 0. The Morgan fingerprint density at radius 1 is 1.33 bits per heavy atom. The highest BCUT2D eigenvalue weighted by atomic mass is 16.5. The third-order valence-corrected chi connectivity index (χ3v) is 4.07. The Morgan fingerprint density at radius 3 is 2.71 bits per heavy atom. The standard InChI is InChI=1S/C15H28N4O2/c1-4-21-8-7-18-5-6-19(11-14(20)10-18)12-15-13(2)9-16-17(15)3/h9,14,20H,4-8,10-12H2,1-3H3. The lowest BCUT2D eigenvalue weighted by Gasteiger charge is -2.21. The molecule has 1 aromatic rings. The van der Waals surface area contributed by atoms with Crippen LogP contribution in [0.1, 0.15) is 18.2 Å². The average Bonchev–Trinajstić information content (AvgIpc) is 2.66. The highest BCUT2D eigenvalue weighted by molar-refractivity contribution is 5.15. The Kier molecular flexibility index (Phi) is 6.17. The van der Waals surface area contributed by atoms with Crippen LogP contribution in [-0.2, 0) is 18.3 Å². The maximum absolute atomic E-state index is 10.2. The minimum Gasteiger partial charge on any atom is -0.390 e. The number of hydrogen-bond donors (Lipinski definition) is 1. The molecule has 0 aliphatic carbocycles. The van der Waals surface area contributed by atoms with Crippen LogP contribution in [0.25, 0.3) is 0 Å². The van der Waals surface area contributed by atoms with Crippen LogP contribution in [0.15, 0.2) is 6.20 Å². The number of hydrogen-bond acceptors (Lipinski definition) is 5. The lowest BCUT2D eigenvalue weighted by atomic mass is 10.2. The topological polar surface area (TPSA) is 53.8 Å². The molecule has 1 N–H and O–H groups in total. The van der Waals surface area contributed by atoms with Crippen molar-refractivity contribution in [2.45, 2.75) is 26.5 Å². The van der Waals surface area contributed by atoms with Crippen molar-refractivity contribution in [1.29, 1.82) is 0 Å². The zero-order valence-corrected chi connectivity index (χ0v) is 13.5. The second-order valence-electron chi connectivity index (χ2n) is 5.78. The van der Waals surface area contributed by atoms with E-state index in [4.69, 9.17) is 4.74 Å². The molecule has 1 unspecified atom stereocenters. The van der Waals surface area contributed by atoms with E-state index in [-0.39, 0.29) is 6.10 Å². The van der Waals surface area contributed by atoms with Crippen molar-refractivity contribution in [1.82, 2.24) is 19.6 Å². The summed E-state index contributed by atoms with van der Waals surface area (Å²) in [5.74, 6) is 0. The van der Waals surface area contributed by atoms with E-state index < -0.39 is 0 Å². The van der Waals surface area contributed by atoms with E-state index in [1.54, 1.807) is 0 Å². The molecule has 120 valence electrons. The molecular weight excluding hydrogens is 268 g/mol. The molecule has 1 aromatic heterocycles. The lowest BCUT2D eigenvalue weighted by Crippen LogP contribution is -2.35. The number of aromatic nitrogens is 2. The second kappa shape index (κ2) is 7.89. The van der Waals surface area contributed by atoms with Gasteiger partial charge in [0.2, 0.25) is 0 Å².